The summed E-state index contributed by atoms with van der Waals surface area (Å²) in [6.07, 6.45) is 25.6. The molecule has 9 rings (SSSR count). The molecule has 0 spiro atoms. The van der Waals surface area contributed by atoms with E-state index < -0.39 is 0 Å². The fourth-order valence-electron chi connectivity index (χ4n) is 12.0. The zero-order valence-corrected chi connectivity index (χ0v) is 31.9. The second-order valence-corrected chi connectivity index (χ2v) is 15.6. The molecule has 5 aliphatic heterocycles. The van der Waals surface area contributed by atoms with Gasteiger partial charge in [0.25, 0.3) is 0 Å². The fourth-order valence-corrected chi connectivity index (χ4v) is 12.0. The molecule has 9 fully saturated rings. The molecule has 8 bridgehead atoms. The zero-order valence-electron chi connectivity index (χ0n) is 26.0. The molecule has 4 saturated carbocycles. The van der Waals surface area contributed by atoms with Crippen molar-refractivity contribution in [2.45, 2.75) is 152 Å². The number of hydrogen-bond donors (Lipinski definition) is 8. The Bertz CT molecular complexity index is 721. The first-order chi connectivity index (χ1) is 19.8. The van der Waals surface area contributed by atoms with E-state index in [1.165, 1.54) is 103 Å². The first-order valence-corrected chi connectivity index (χ1v) is 17.9. The van der Waals surface area contributed by atoms with Gasteiger partial charge < -0.3 is 0 Å². The molecule has 228 valence electrons. The molecule has 0 radical (unpaired) electrons. The Hall–Kier alpha value is 0.927. The predicted molar refractivity (Wildman–Crippen MR) is 157 cm³/mol. The van der Waals surface area contributed by atoms with Gasteiger partial charge in [0.2, 0.25) is 0 Å². The van der Waals surface area contributed by atoms with Crippen molar-refractivity contribution in [3.05, 3.63) is 0 Å². The third kappa shape index (κ3) is 5.50. The minimum Gasteiger partial charge on any atom is -0.286 e. The Balaban J connectivity index is 0.00000144. The monoisotopic (exact) mass is 680 g/mol. The van der Waals surface area contributed by atoms with Crippen molar-refractivity contribution in [3.8, 4) is 0 Å². The van der Waals surface area contributed by atoms with E-state index >= 15 is 0 Å². The van der Waals surface area contributed by atoms with Crippen molar-refractivity contribution in [1.29, 1.82) is 0 Å². The molecular formula is C32H56N8Zn2. The van der Waals surface area contributed by atoms with Crippen LogP contribution in [0.2, 0.25) is 0 Å². The second kappa shape index (κ2) is 13.2. The molecule has 8 unspecified atom stereocenters. The molecule has 5 heterocycles. The van der Waals surface area contributed by atoms with Crippen LogP contribution in [-0.2, 0) is 39.0 Å². The van der Waals surface area contributed by atoms with Crippen LogP contribution in [0.4, 0.5) is 0 Å². The van der Waals surface area contributed by atoms with E-state index in [1.54, 1.807) is 0 Å². The van der Waals surface area contributed by atoms with Crippen LogP contribution in [0.3, 0.4) is 0 Å². The molecule has 8 atom stereocenters. The first-order valence-electron chi connectivity index (χ1n) is 17.9. The maximum Gasteiger partial charge on any atom is 0.0628 e. The van der Waals surface area contributed by atoms with E-state index in [0.717, 1.165) is 47.3 Å². The summed E-state index contributed by atoms with van der Waals surface area (Å²) in [4.78, 5) is 0. The van der Waals surface area contributed by atoms with Crippen molar-refractivity contribution in [2.24, 2.45) is 47.3 Å². The molecule has 0 aromatic rings. The summed E-state index contributed by atoms with van der Waals surface area (Å²) < 4.78 is 0. The molecule has 4 aliphatic carbocycles. The van der Waals surface area contributed by atoms with Gasteiger partial charge in [-0.2, -0.15) is 0 Å². The quantitative estimate of drug-likeness (QED) is 0.185. The van der Waals surface area contributed by atoms with Crippen molar-refractivity contribution < 1.29 is 39.0 Å². The Morgan fingerprint density at radius 1 is 0.214 bits per heavy atom. The van der Waals surface area contributed by atoms with Gasteiger partial charge in [0, 0.05) is 39.0 Å². The number of nitrogens with one attached hydrogen (secondary N) is 8. The minimum atomic E-state index is 0. The fraction of sp³-hybridized carbons (Fsp3) is 1.00. The second-order valence-electron chi connectivity index (χ2n) is 15.6. The first kappa shape index (κ1) is 31.5. The molecule has 10 heteroatoms. The van der Waals surface area contributed by atoms with Crippen molar-refractivity contribution in [2.75, 3.05) is 0 Å². The van der Waals surface area contributed by atoms with E-state index in [1.807, 2.05) is 0 Å². The molecule has 8 N–H and O–H groups in total. The Morgan fingerprint density at radius 3 is 0.452 bits per heavy atom. The van der Waals surface area contributed by atoms with E-state index in [9.17, 15) is 0 Å². The topological polar surface area (TPSA) is 96.2 Å². The minimum absolute atomic E-state index is 0. The summed E-state index contributed by atoms with van der Waals surface area (Å²) in [6, 6.07) is 0. The summed E-state index contributed by atoms with van der Waals surface area (Å²) in [5.74, 6) is 5.97. The maximum absolute atomic E-state index is 4.26. The van der Waals surface area contributed by atoms with Gasteiger partial charge in [0.05, 0.1) is 49.3 Å². The molecule has 5 saturated heterocycles. The van der Waals surface area contributed by atoms with Crippen LogP contribution < -0.4 is 42.5 Å². The van der Waals surface area contributed by atoms with Gasteiger partial charge in [-0.3, -0.25) is 42.5 Å². The molecule has 8 nitrogen and oxygen atoms in total. The van der Waals surface area contributed by atoms with Gasteiger partial charge in [0.1, 0.15) is 0 Å². The van der Waals surface area contributed by atoms with Crippen LogP contribution in [0, 0.1) is 47.3 Å². The van der Waals surface area contributed by atoms with Crippen LogP contribution in [0.5, 0.6) is 0 Å². The summed E-state index contributed by atoms with van der Waals surface area (Å²) in [5, 5.41) is 33.8. The smallest absolute Gasteiger partial charge is 0.0628 e. The van der Waals surface area contributed by atoms with Gasteiger partial charge in [-0.1, -0.05) is 51.4 Å². The standard InChI is InChI=1S/C32H56N8.2Zn/c1-2-10-18-17(9-1)25-33-26(18)38-28-21-13-5-6-14-22(21)30(35-28)40-32-24-16-8-7-15-23(24)31(36-32)39-29-20-12-4-3-11-19(20)27(34-29)37-25;;/h17-40H,1-16H2;;. The normalized spacial score (nSPS) is 54.9. The van der Waals surface area contributed by atoms with Crippen molar-refractivity contribution >= 4 is 0 Å². The van der Waals surface area contributed by atoms with Crippen LogP contribution in [0.1, 0.15) is 103 Å². The van der Waals surface area contributed by atoms with E-state index in [4.69, 9.17) is 0 Å². The molecule has 9 aliphatic rings. The van der Waals surface area contributed by atoms with Gasteiger partial charge in [-0.25, -0.2) is 0 Å². The Labute approximate surface area is 279 Å². The number of hydrogen-bond acceptors (Lipinski definition) is 8. The Kier molecular flexibility index (Phi) is 9.91. The number of rotatable bonds is 0. The largest absolute Gasteiger partial charge is 0.286 e. The average Bonchev–Trinajstić information content (AvgIpc) is 3.73. The van der Waals surface area contributed by atoms with Crippen LogP contribution in [0.15, 0.2) is 0 Å². The van der Waals surface area contributed by atoms with E-state index in [0.29, 0.717) is 49.3 Å². The molecule has 0 aromatic heterocycles. The molecule has 0 amide bonds. The zero-order chi connectivity index (χ0) is 26.2. The van der Waals surface area contributed by atoms with E-state index in [-0.39, 0.29) is 39.0 Å². The third-order valence-electron chi connectivity index (χ3n) is 13.8. The van der Waals surface area contributed by atoms with Crippen molar-refractivity contribution in [3.63, 3.8) is 0 Å². The maximum atomic E-state index is 4.26. The van der Waals surface area contributed by atoms with Crippen LogP contribution >= 0.6 is 0 Å². The van der Waals surface area contributed by atoms with Crippen LogP contribution in [0.25, 0.3) is 0 Å². The van der Waals surface area contributed by atoms with Crippen LogP contribution in [-0.4, -0.2) is 49.3 Å². The third-order valence-corrected chi connectivity index (χ3v) is 13.8. The molecule has 0 aromatic carbocycles. The van der Waals surface area contributed by atoms with Gasteiger partial charge in [0.15, 0.2) is 0 Å². The summed E-state index contributed by atoms with van der Waals surface area (Å²) >= 11 is 0. The SMILES string of the molecule is C1CCC2C3NC(NC4NC(NC5NC(NC6NC(N3)C3CCCCC63)C3CCCCC53)C3CCCCC43)C2C1.[Zn].[Zn]. The van der Waals surface area contributed by atoms with Crippen molar-refractivity contribution in [1.82, 2.24) is 42.5 Å². The van der Waals surface area contributed by atoms with Gasteiger partial charge in [-0.05, 0) is 98.7 Å². The summed E-state index contributed by atoms with van der Waals surface area (Å²) in [7, 11) is 0. The molecular weight excluding hydrogens is 627 g/mol. The molecule has 42 heavy (non-hydrogen) atoms. The number of fused-ring (bicyclic) bond motifs is 20. The summed E-state index contributed by atoms with van der Waals surface area (Å²) in [5.41, 5.74) is 0. The van der Waals surface area contributed by atoms with E-state index in [2.05, 4.69) is 42.5 Å². The summed E-state index contributed by atoms with van der Waals surface area (Å²) in [6.45, 7) is 0. The Morgan fingerprint density at radius 2 is 0.333 bits per heavy atom. The van der Waals surface area contributed by atoms with Gasteiger partial charge in [-0.15, -0.1) is 0 Å². The predicted octanol–water partition coefficient (Wildman–Crippen LogP) is 2.60. The average molecular weight is 684 g/mol. The van der Waals surface area contributed by atoms with Gasteiger partial charge >= 0.3 is 0 Å².